The number of hydrogen-bond acceptors (Lipinski definition) is 3. The molecule has 2 atom stereocenters. The maximum absolute atomic E-state index is 12.4. The van der Waals surface area contributed by atoms with Gasteiger partial charge in [0.15, 0.2) is 0 Å². The van der Waals surface area contributed by atoms with E-state index in [2.05, 4.69) is 0 Å². The molecule has 4 heteroatoms. The van der Waals surface area contributed by atoms with Crippen molar-refractivity contribution in [1.82, 2.24) is 4.90 Å². The van der Waals surface area contributed by atoms with Crippen molar-refractivity contribution in [3.05, 3.63) is 71.8 Å². The zero-order chi connectivity index (χ0) is 16.2. The van der Waals surface area contributed by atoms with Crippen LogP contribution in [-0.4, -0.2) is 22.9 Å². The van der Waals surface area contributed by atoms with E-state index in [1.165, 1.54) is 4.90 Å². The van der Waals surface area contributed by atoms with Gasteiger partial charge in [-0.15, -0.1) is 0 Å². The first-order valence-electron chi connectivity index (χ1n) is 7.78. The van der Waals surface area contributed by atoms with Crippen LogP contribution in [0.5, 0.6) is 0 Å². The standard InChI is InChI=1S/C19H19NO3/c1-14-18(16-10-6-3-7-11-16)23-19(22)20(14)17(21)13-12-15-8-4-2-5-9-15/h2-11,14,18H,12-13H2,1H3. The van der Waals surface area contributed by atoms with Gasteiger partial charge in [-0.2, -0.15) is 0 Å². The highest BCUT2D eigenvalue weighted by atomic mass is 16.6. The highest BCUT2D eigenvalue weighted by Crippen LogP contribution is 2.32. The summed E-state index contributed by atoms with van der Waals surface area (Å²) in [6.07, 6.45) is -0.0364. The molecule has 0 spiro atoms. The molecule has 0 aromatic heterocycles. The van der Waals surface area contributed by atoms with E-state index >= 15 is 0 Å². The molecule has 0 saturated carbocycles. The molecule has 1 aliphatic rings. The van der Waals surface area contributed by atoms with E-state index < -0.39 is 12.2 Å². The molecule has 1 heterocycles. The van der Waals surface area contributed by atoms with Gasteiger partial charge in [-0.25, -0.2) is 9.69 Å². The van der Waals surface area contributed by atoms with E-state index in [1.807, 2.05) is 67.6 Å². The average molecular weight is 309 g/mol. The van der Waals surface area contributed by atoms with Crippen molar-refractivity contribution in [1.29, 1.82) is 0 Å². The summed E-state index contributed by atoms with van der Waals surface area (Å²) in [5, 5.41) is 0. The lowest BCUT2D eigenvalue weighted by atomic mass is 10.0. The number of rotatable bonds is 4. The third-order valence-corrected chi connectivity index (χ3v) is 4.14. The first-order chi connectivity index (χ1) is 11.2. The molecule has 2 unspecified atom stereocenters. The topological polar surface area (TPSA) is 46.6 Å². The Hall–Kier alpha value is -2.62. The molecule has 1 aliphatic heterocycles. The fourth-order valence-corrected chi connectivity index (χ4v) is 2.90. The second-order valence-corrected chi connectivity index (χ2v) is 5.70. The van der Waals surface area contributed by atoms with Crippen LogP contribution >= 0.6 is 0 Å². The van der Waals surface area contributed by atoms with Gasteiger partial charge in [-0.05, 0) is 24.5 Å². The van der Waals surface area contributed by atoms with E-state index in [4.69, 9.17) is 4.74 Å². The predicted octanol–water partition coefficient (Wildman–Crippen LogP) is 3.73. The van der Waals surface area contributed by atoms with Gasteiger partial charge in [-0.1, -0.05) is 60.7 Å². The average Bonchev–Trinajstić information content (AvgIpc) is 2.89. The second kappa shape index (κ2) is 6.65. The first kappa shape index (κ1) is 15.3. The maximum Gasteiger partial charge on any atom is 0.417 e. The summed E-state index contributed by atoms with van der Waals surface area (Å²) in [7, 11) is 0. The Morgan fingerprint density at radius 2 is 1.65 bits per heavy atom. The van der Waals surface area contributed by atoms with Crippen LogP contribution in [0.25, 0.3) is 0 Å². The third-order valence-electron chi connectivity index (χ3n) is 4.14. The predicted molar refractivity (Wildman–Crippen MR) is 86.7 cm³/mol. The Balaban J connectivity index is 1.67. The van der Waals surface area contributed by atoms with E-state index in [0.717, 1.165) is 11.1 Å². The van der Waals surface area contributed by atoms with Gasteiger partial charge in [0.2, 0.25) is 5.91 Å². The van der Waals surface area contributed by atoms with Crippen LogP contribution in [0.15, 0.2) is 60.7 Å². The number of amides is 2. The lowest BCUT2D eigenvalue weighted by Crippen LogP contribution is -2.37. The van der Waals surface area contributed by atoms with E-state index in [1.54, 1.807) is 0 Å². The summed E-state index contributed by atoms with van der Waals surface area (Å²) >= 11 is 0. The molecule has 1 saturated heterocycles. The molecule has 0 bridgehead atoms. The minimum atomic E-state index is -0.551. The van der Waals surface area contributed by atoms with Gasteiger partial charge in [0.25, 0.3) is 0 Å². The summed E-state index contributed by atoms with van der Waals surface area (Å²) < 4.78 is 5.41. The van der Waals surface area contributed by atoms with Crippen molar-refractivity contribution in [2.45, 2.75) is 31.9 Å². The summed E-state index contributed by atoms with van der Waals surface area (Å²) in [4.78, 5) is 25.8. The Labute approximate surface area is 135 Å². The van der Waals surface area contributed by atoms with Crippen molar-refractivity contribution >= 4 is 12.0 Å². The minimum Gasteiger partial charge on any atom is -0.439 e. The summed E-state index contributed by atoms with van der Waals surface area (Å²) in [5.74, 6) is -0.190. The van der Waals surface area contributed by atoms with Crippen LogP contribution in [0, 0.1) is 0 Å². The second-order valence-electron chi connectivity index (χ2n) is 5.70. The number of carbonyl (C=O) groups excluding carboxylic acids is 2. The lowest BCUT2D eigenvalue weighted by molar-refractivity contribution is -0.129. The fourth-order valence-electron chi connectivity index (χ4n) is 2.90. The van der Waals surface area contributed by atoms with Crippen molar-refractivity contribution in [2.75, 3.05) is 0 Å². The highest BCUT2D eigenvalue weighted by molar-refractivity contribution is 5.93. The highest BCUT2D eigenvalue weighted by Gasteiger charge is 2.42. The number of hydrogen-bond donors (Lipinski definition) is 0. The van der Waals surface area contributed by atoms with Gasteiger partial charge in [0.05, 0.1) is 6.04 Å². The van der Waals surface area contributed by atoms with Crippen LogP contribution in [0.1, 0.15) is 30.6 Å². The quantitative estimate of drug-likeness (QED) is 0.864. The number of imide groups is 1. The molecule has 23 heavy (non-hydrogen) atoms. The zero-order valence-corrected chi connectivity index (χ0v) is 13.0. The fraction of sp³-hybridized carbons (Fsp3) is 0.263. The van der Waals surface area contributed by atoms with Gasteiger partial charge in [0, 0.05) is 6.42 Å². The molecule has 4 nitrogen and oxygen atoms in total. The van der Waals surface area contributed by atoms with Crippen molar-refractivity contribution < 1.29 is 14.3 Å². The number of ether oxygens (including phenoxy) is 1. The molecule has 0 aliphatic carbocycles. The van der Waals surface area contributed by atoms with Crippen molar-refractivity contribution in [3.8, 4) is 0 Å². The molecule has 2 aromatic carbocycles. The first-order valence-corrected chi connectivity index (χ1v) is 7.78. The molecule has 0 radical (unpaired) electrons. The molecular formula is C19H19NO3. The summed E-state index contributed by atoms with van der Waals surface area (Å²) in [5.41, 5.74) is 1.99. The van der Waals surface area contributed by atoms with Gasteiger partial charge in [0.1, 0.15) is 6.10 Å². The molecule has 3 rings (SSSR count). The van der Waals surface area contributed by atoms with Crippen LogP contribution < -0.4 is 0 Å². The Bertz CT molecular complexity index is 684. The smallest absolute Gasteiger partial charge is 0.417 e. The number of carbonyl (C=O) groups is 2. The lowest BCUT2D eigenvalue weighted by Gasteiger charge is -2.19. The van der Waals surface area contributed by atoms with E-state index in [9.17, 15) is 9.59 Å². The van der Waals surface area contributed by atoms with Crippen LogP contribution in [0.4, 0.5) is 4.79 Å². The third kappa shape index (κ3) is 3.26. The molecule has 118 valence electrons. The summed E-state index contributed by atoms with van der Waals surface area (Å²) in [6, 6.07) is 19.0. The van der Waals surface area contributed by atoms with E-state index in [-0.39, 0.29) is 11.9 Å². The summed E-state index contributed by atoms with van der Waals surface area (Å²) in [6.45, 7) is 1.85. The normalized spacial score (nSPS) is 20.4. The number of benzene rings is 2. The molecular weight excluding hydrogens is 290 g/mol. The molecule has 2 amide bonds. The van der Waals surface area contributed by atoms with Crippen molar-refractivity contribution in [3.63, 3.8) is 0 Å². The molecule has 1 fully saturated rings. The van der Waals surface area contributed by atoms with Gasteiger partial charge < -0.3 is 4.74 Å². The SMILES string of the molecule is CC1C(c2ccccc2)OC(=O)N1C(=O)CCc1ccccc1. The molecule has 0 N–H and O–H groups in total. The van der Waals surface area contributed by atoms with Crippen LogP contribution in [0.2, 0.25) is 0 Å². The number of cyclic esters (lactones) is 1. The van der Waals surface area contributed by atoms with E-state index in [0.29, 0.717) is 12.8 Å². The van der Waals surface area contributed by atoms with Crippen molar-refractivity contribution in [2.24, 2.45) is 0 Å². The van der Waals surface area contributed by atoms with Gasteiger partial charge >= 0.3 is 6.09 Å². The van der Waals surface area contributed by atoms with Crippen LogP contribution in [-0.2, 0) is 16.0 Å². The van der Waals surface area contributed by atoms with Gasteiger partial charge in [-0.3, -0.25) is 4.79 Å². The Morgan fingerprint density at radius 3 is 2.30 bits per heavy atom. The minimum absolute atomic E-state index is 0.190. The largest absolute Gasteiger partial charge is 0.439 e. The monoisotopic (exact) mass is 309 g/mol. The Kier molecular flexibility index (Phi) is 4.42. The Morgan fingerprint density at radius 1 is 1.04 bits per heavy atom. The zero-order valence-electron chi connectivity index (χ0n) is 13.0. The number of aryl methyl sites for hydroxylation is 1. The molecule has 2 aromatic rings. The maximum atomic E-state index is 12.4. The number of nitrogens with zero attached hydrogens (tertiary/aromatic N) is 1. The van der Waals surface area contributed by atoms with Crippen LogP contribution in [0.3, 0.4) is 0 Å².